The zero-order chi connectivity index (χ0) is 13.4. The lowest BCUT2D eigenvalue weighted by molar-refractivity contribution is 0.132. The molecule has 0 saturated heterocycles. The van der Waals surface area contributed by atoms with E-state index in [-0.39, 0.29) is 6.04 Å². The molecule has 4 heteroatoms. The molecule has 0 aliphatic carbocycles. The van der Waals surface area contributed by atoms with E-state index in [1.165, 1.54) is 0 Å². The third kappa shape index (κ3) is 5.57. The van der Waals surface area contributed by atoms with Gasteiger partial charge in [-0.15, -0.1) is 0 Å². The normalized spacial score (nSPS) is 12.7. The van der Waals surface area contributed by atoms with Crippen LogP contribution in [0.15, 0.2) is 18.2 Å². The molecule has 1 rings (SSSR count). The van der Waals surface area contributed by atoms with Crippen molar-refractivity contribution in [3.8, 4) is 0 Å². The Morgan fingerprint density at radius 3 is 2.78 bits per heavy atom. The molecule has 2 nitrogen and oxygen atoms in total. The molecule has 0 fully saturated rings. The van der Waals surface area contributed by atoms with Crippen molar-refractivity contribution in [3.05, 3.63) is 33.8 Å². The number of hydrogen-bond donors (Lipinski definition) is 1. The molecule has 1 atom stereocenters. The zero-order valence-electron chi connectivity index (χ0n) is 11.0. The van der Waals surface area contributed by atoms with E-state index in [1.54, 1.807) is 6.07 Å². The second-order valence-corrected chi connectivity index (χ2v) is 5.15. The summed E-state index contributed by atoms with van der Waals surface area (Å²) in [5.74, 6) is 0. The Kier molecular flexibility index (Phi) is 7.68. The van der Waals surface area contributed by atoms with E-state index in [0.29, 0.717) is 5.02 Å². The van der Waals surface area contributed by atoms with E-state index in [0.717, 1.165) is 43.2 Å². The van der Waals surface area contributed by atoms with Crippen molar-refractivity contribution in [2.45, 2.75) is 32.7 Å². The van der Waals surface area contributed by atoms with Crippen LogP contribution >= 0.6 is 23.2 Å². The predicted octanol–water partition coefficient (Wildman–Crippen LogP) is 4.46. The smallest absolute Gasteiger partial charge is 0.0478 e. The summed E-state index contributed by atoms with van der Waals surface area (Å²) in [4.78, 5) is 0. The molecule has 1 N–H and O–H groups in total. The molecule has 0 radical (unpaired) electrons. The van der Waals surface area contributed by atoms with Gasteiger partial charge in [0.15, 0.2) is 0 Å². The molecule has 0 saturated carbocycles. The molecule has 0 bridgehead atoms. The summed E-state index contributed by atoms with van der Waals surface area (Å²) in [6.07, 6.45) is 2.07. The molecule has 0 aliphatic rings. The van der Waals surface area contributed by atoms with Crippen LogP contribution in [0.5, 0.6) is 0 Å². The van der Waals surface area contributed by atoms with Crippen LogP contribution in [0.1, 0.15) is 38.3 Å². The highest BCUT2D eigenvalue weighted by atomic mass is 35.5. The Hall–Kier alpha value is -0.280. The third-order valence-electron chi connectivity index (χ3n) is 2.69. The molecule has 0 aliphatic heterocycles. The lowest BCUT2D eigenvalue weighted by Gasteiger charge is -2.16. The number of hydrogen-bond acceptors (Lipinski definition) is 2. The molecule has 0 heterocycles. The summed E-state index contributed by atoms with van der Waals surface area (Å²) in [7, 11) is 0. The fourth-order valence-electron chi connectivity index (χ4n) is 1.70. The van der Waals surface area contributed by atoms with Crippen LogP contribution in [0.3, 0.4) is 0 Å². The van der Waals surface area contributed by atoms with E-state index < -0.39 is 0 Å². The fourth-order valence-corrected chi connectivity index (χ4v) is 2.16. The van der Waals surface area contributed by atoms with Crippen molar-refractivity contribution in [3.63, 3.8) is 0 Å². The first-order valence-corrected chi connectivity index (χ1v) is 7.16. The Bertz CT molecular complexity index is 358. The van der Waals surface area contributed by atoms with Crippen molar-refractivity contribution in [2.75, 3.05) is 19.8 Å². The molecule has 0 aromatic heterocycles. The summed E-state index contributed by atoms with van der Waals surface area (Å²) in [5.41, 5.74) is 1.04. The average molecular weight is 290 g/mol. The van der Waals surface area contributed by atoms with Gasteiger partial charge in [0.25, 0.3) is 0 Å². The Balaban J connectivity index is 2.31. The van der Waals surface area contributed by atoms with Crippen LogP contribution in [-0.4, -0.2) is 19.8 Å². The first-order chi connectivity index (χ1) is 8.65. The van der Waals surface area contributed by atoms with Crippen LogP contribution in [0.25, 0.3) is 0 Å². The summed E-state index contributed by atoms with van der Waals surface area (Å²) < 4.78 is 5.43. The second kappa shape index (κ2) is 8.76. The summed E-state index contributed by atoms with van der Waals surface area (Å²) in [6.45, 7) is 6.76. The molecular weight excluding hydrogens is 269 g/mol. The van der Waals surface area contributed by atoms with Crippen molar-refractivity contribution in [1.29, 1.82) is 0 Å². The van der Waals surface area contributed by atoms with Gasteiger partial charge in [-0.3, -0.25) is 0 Å². The maximum atomic E-state index is 6.15. The second-order valence-electron chi connectivity index (χ2n) is 4.31. The quantitative estimate of drug-likeness (QED) is 0.714. The lowest BCUT2D eigenvalue weighted by atomic mass is 10.1. The van der Waals surface area contributed by atoms with Gasteiger partial charge in [-0.2, -0.15) is 0 Å². The van der Waals surface area contributed by atoms with Gasteiger partial charge in [-0.1, -0.05) is 30.1 Å². The van der Waals surface area contributed by atoms with Crippen molar-refractivity contribution in [2.24, 2.45) is 0 Å². The number of rotatable bonds is 8. The van der Waals surface area contributed by atoms with Crippen LogP contribution in [0.4, 0.5) is 0 Å². The van der Waals surface area contributed by atoms with Gasteiger partial charge < -0.3 is 10.1 Å². The first kappa shape index (κ1) is 15.8. The van der Waals surface area contributed by atoms with Gasteiger partial charge in [0.2, 0.25) is 0 Å². The zero-order valence-corrected chi connectivity index (χ0v) is 12.5. The van der Waals surface area contributed by atoms with Crippen molar-refractivity contribution >= 4 is 23.2 Å². The lowest BCUT2D eigenvalue weighted by Crippen LogP contribution is -2.21. The predicted molar refractivity (Wildman–Crippen MR) is 78.6 cm³/mol. The van der Waals surface area contributed by atoms with Crippen LogP contribution in [0, 0.1) is 0 Å². The first-order valence-electron chi connectivity index (χ1n) is 6.41. The highest BCUT2D eigenvalue weighted by molar-refractivity contribution is 6.33. The molecule has 1 aromatic carbocycles. The van der Waals surface area contributed by atoms with Crippen LogP contribution in [-0.2, 0) is 4.74 Å². The summed E-state index contributed by atoms with van der Waals surface area (Å²) >= 11 is 12.1. The van der Waals surface area contributed by atoms with Crippen LogP contribution < -0.4 is 5.32 Å². The van der Waals surface area contributed by atoms with E-state index in [2.05, 4.69) is 19.2 Å². The average Bonchev–Trinajstić information content (AvgIpc) is 2.36. The fraction of sp³-hybridized carbons (Fsp3) is 0.571. The maximum Gasteiger partial charge on any atom is 0.0478 e. The van der Waals surface area contributed by atoms with Crippen molar-refractivity contribution in [1.82, 2.24) is 5.32 Å². The molecule has 1 aromatic rings. The van der Waals surface area contributed by atoms with Crippen molar-refractivity contribution < 1.29 is 4.74 Å². The van der Waals surface area contributed by atoms with Gasteiger partial charge in [-0.05, 0) is 50.1 Å². The van der Waals surface area contributed by atoms with E-state index in [9.17, 15) is 0 Å². The minimum absolute atomic E-state index is 0.197. The van der Waals surface area contributed by atoms with E-state index >= 15 is 0 Å². The topological polar surface area (TPSA) is 21.3 Å². The van der Waals surface area contributed by atoms with Gasteiger partial charge in [0.05, 0.1) is 0 Å². The maximum absolute atomic E-state index is 6.15. The van der Waals surface area contributed by atoms with Gasteiger partial charge in [-0.25, -0.2) is 0 Å². The molecule has 0 amide bonds. The standard InChI is InChI=1S/C14H21Cl2NO/c1-3-8-18-9-4-7-17-11(2)13-10-12(15)5-6-14(13)16/h5-6,10-11,17H,3-4,7-9H2,1-2H3. The highest BCUT2D eigenvalue weighted by Crippen LogP contribution is 2.25. The number of nitrogens with one attached hydrogen (secondary N) is 1. The minimum Gasteiger partial charge on any atom is -0.381 e. The van der Waals surface area contributed by atoms with Gasteiger partial charge in [0, 0.05) is 29.3 Å². The molecule has 0 spiro atoms. The molecule has 18 heavy (non-hydrogen) atoms. The van der Waals surface area contributed by atoms with Gasteiger partial charge in [0.1, 0.15) is 0 Å². The highest BCUT2D eigenvalue weighted by Gasteiger charge is 2.09. The van der Waals surface area contributed by atoms with E-state index in [4.69, 9.17) is 27.9 Å². The molecule has 102 valence electrons. The Morgan fingerprint density at radius 1 is 1.28 bits per heavy atom. The van der Waals surface area contributed by atoms with Gasteiger partial charge >= 0.3 is 0 Å². The Labute approximate surface area is 120 Å². The third-order valence-corrected chi connectivity index (χ3v) is 3.27. The summed E-state index contributed by atoms with van der Waals surface area (Å²) in [6, 6.07) is 5.75. The van der Waals surface area contributed by atoms with Crippen LogP contribution in [0.2, 0.25) is 10.0 Å². The molecule has 1 unspecified atom stereocenters. The largest absolute Gasteiger partial charge is 0.381 e. The summed E-state index contributed by atoms with van der Waals surface area (Å²) in [5, 5.41) is 4.89. The monoisotopic (exact) mass is 289 g/mol. The minimum atomic E-state index is 0.197. The Morgan fingerprint density at radius 2 is 2.06 bits per heavy atom. The number of benzene rings is 1. The molecular formula is C14H21Cl2NO. The SMILES string of the molecule is CCCOCCCNC(C)c1cc(Cl)ccc1Cl. The van der Waals surface area contributed by atoms with E-state index in [1.807, 2.05) is 12.1 Å². The number of halogens is 2. The number of ether oxygens (including phenoxy) is 1.